The third-order valence-electron chi connectivity index (χ3n) is 4.70. The molecular formula is C18H24N4O3S. The van der Waals surface area contributed by atoms with Gasteiger partial charge in [-0.15, -0.1) is 0 Å². The minimum Gasteiger partial charge on any atom is -0.364 e. The third kappa shape index (κ3) is 4.14. The molecule has 3 N–H and O–H groups in total. The van der Waals surface area contributed by atoms with Crippen molar-refractivity contribution >= 4 is 15.9 Å². The number of sulfonamides is 1. The maximum Gasteiger partial charge on any atom is 0.265 e. The normalized spacial score (nSPS) is 15.0. The average molecular weight is 376 g/mol. The molecule has 0 bridgehead atoms. The third-order valence-corrected chi connectivity index (χ3v) is 6.12. The van der Waals surface area contributed by atoms with Crippen molar-refractivity contribution in [3.63, 3.8) is 0 Å². The Balaban J connectivity index is 1.50. The lowest BCUT2D eigenvalue weighted by Crippen LogP contribution is -2.33. The highest BCUT2D eigenvalue weighted by molar-refractivity contribution is 7.89. The van der Waals surface area contributed by atoms with Crippen LogP contribution in [0.25, 0.3) is 0 Å². The highest BCUT2D eigenvalue weighted by Gasteiger charge is 2.19. The molecule has 0 fully saturated rings. The monoisotopic (exact) mass is 376 g/mol. The summed E-state index contributed by atoms with van der Waals surface area (Å²) in [7, 11) is -2.05. The number of benzene rings is 1. The van der Waals surface area contributed by atoms with Crippen LogP contribution in [0.15, 0.2) is 41.4 Å². The molecule has 26 heavy (non-hydrogen) atoms. The fourth-order valence-corrected chi connectivity index (χ4v) is 4.41. The van der Waals surface area contributed by atoms with Crippen molar-refractivity contribution in [2.75, 3.05) is 19.6 Å². The number of fused-ring (bicyclic) bond motifs is 1. The zero-order valence-electron chi connectivity index (χ0n) is 14.8. The quantitative estimate of drug-likeness (QED) is 0.700. The van der Waals surface area contributed by atoms with E-state index in [9.17, 15) is 13.2 Å². The largest absolute Gasteiger partial charge is 0.364 e. The SMILES string of the molecule is Cn1cc(S(=O)(=O)NCCCN2CCc3ccccc3C2)cc1C(N)=O. The summed E-state index contributed by atoms with van der Waals surface area (Å²) in [5, 5.41) is 0. The van der Waals surface area contributed by atoms with Gasteiger partial charge in [0.15, 0.2) is 0 Å². The fraction of sp³-hybridized carbons (Fsp3) is 0.389. The van der Waals surface area contributed by atoms with Gasteiger partial charge in [0.25, 0.3) is 5.91 Å². The number of carbonyl (C=O) groups excluding carboxylic acids is 1. The smallest absolute Gasteiger partial charge is 0.265 e. The average Bonchev–Trinajstić information content (AvgIpc) is 3.02. The summed E-state index contributed by atoms with van der Waals surface area (Å²) < 4.78 is 28.7. The molecule has 0 saturated carbocycles. The number of hydrogen-bond acceptors (Lipinski definition) is 4. The molecule has 0 radical (unpaired) electrons. The first-order valence-electron chi connectivity index (χ1n) is 8.62. The molecule has 0 atom stereocenters. The second-order valence-corrected chi connectivity index (χ2v) is 8.35. The van der Waals surface area contributed by atoms with Crippen LogP contribution in [-0.2, 0) is 30.0 Å². The Bertz CT molecular complexity index is 905. The Morgan fingerprint density at radius 3 is 2.69 bits per heavy atom. The number of aromatic nitrogens is 1. The predicted molar refractivity (Wildman–Crippen MR) is 99.2 cm³/mol. The lowest BCUT2D eigenvalue weighted by atomic mass is 10.00. The lowest BCUT2D eigenvalue weighted by Gasteiger charge is -2.28. The van der Waals surface area contributed by atoms with Crippen LogP contribution in [-0.4, -0.2) is 43.4 Å². The van der Waals surface area contributed by atoms with Crippen molar-refractivity contribution in [3.05, 3.63) is 53.3 Å². The number of nitrogens with one attached hydrogen (secondary N) is 1. The second kappa shape index (κ2) is 7.61. The number of rotatable bonds is 7. The molecule has 8 heteroatoms. The van der Waals surface area contributed by atoms with E-state index in [2.05, 4.69) is 33.9 Å². The Morgan fingerprint density at radius 2 is 2.00 bits per heavy atom. The Morgan fingerprint density at radius 1 is 1.27 bits per heavy atom. The first-order valence-corrected chi connectivity index (χ1v) is 10.1. The summed E-state index contributed by atoms with van der Waals surface area (Å²) in [6.45, 7) is 3.08. The number of primary amides is 1. The van der Waals surface area contributed by atoms with E-state index in [1.807, 2.05) is 0 Å². The van der Waals surface area contributed by atoms with E-state index in [0.717, 1.165) is 32.5 Å². The topological polar surface area (TPSA) is 97.4 Å². The maximum absolute atomic E-state index is 12.3. The molecule has 0 saturated heterocycles. The summed E-state index contributed by atoms with van der Waals surface area (Å²) in [4.78, 5) is 13.7. The zero-order chi connectivity index (χ0) is 18.7. The van der Waals surface area contributed by atoms with Gasteiger partial charge >= 0.3 is 0 Å². The second-order valence-electron chi connectivity index (χ2n) is 6.58. The van der Waals surface area contributed by atoms with Crippen LogP contribution in [0.2, 0.25) is 0 Å². The molecule has 0 unspecified atom stereocenters. The number of aryl methyl sites for hydroxylation is 1. The predicted octanol–water partition coefficient (Wildman–Crippen LogP) is 0.851. The number of nitrogens with zero attached hydrogens (tertiary/aromatic N) is 2. The summed E-state index contributed by atoms with van der Waals surface area (Å²) in [5.41, 5.74) is 8.14. The molecular weight excluding hydrogens is 352 g/mol. The lowest BCUT2D eigenvalue weighted by molar-refractivity contribution is 0.0992. The molecule has 0 spiro atoms. The van der Waals surface area contributed by atoms with Gasteiger partial charge in [0.2, 0.25) is 10.0 Å². The summed E-state index contributed by atoms with van der Waals surface area (Å²) in [5.74, 6) is -0.653. The van der Waals surface area contributed by atoms with Crippen LogP contribution < -0.4 is 10.5 Å². The van der Waals surface area contributed by atoms with Crippen LogP contribution in [0.4, 0.5) is 0 Å². The molecule has 1 aliphatic rings. The molecule has 3 rings (SSSR count). The number of nitrogens with two attached hydrogens (primary N) is 1. The van der Waals surface area contributed by atoms with Crippen LogP contribution in [0.3, 0.4) is 0 Å². The Labute approximate surface area is 153 Å². The maximum atomic E-state index is 12.3. The van der Waals surface area contributed by atoms with E-state index >= 15 is 0 Å². The van der Waals surface area contributed by atoms with Gasteiger partial charge in [0, 0.05) is 32.9 Å². The van der Waals surface area contributed by atoms with Gasteiger partial charge in [-0.1, -0.05) is 24.3 Å². The van der Waals surface area contributed by atoms with E-state index in [1.54, 1.807) is 7.05 Å². The van der Waals surface area contributed by atoms with Crippen LogP contribution >= 0.6 is 0 Å². The highest BCUT2D eigenvalue weighted by atomic mass is 32.2. The van der Waals surface area contributed by atoms with Gasteiger partial charge in [0.1, 0.15) is 10.6 Å². The summed E-state index contributed by atoms with van der Waals surface area (Å²) in [6.07, 6.45) is 3.14. The zero-order valence-corrected chi connectivity index (χ0v) is 15.6. The van der Waals surface area contributed by atoms with E-state index in [4.69, 9.17) is 5.73 Å². The molecule has 140 valence electrons. The summed E-state index contributed by atoms with van der Waals surface area (Å²) >= 11 is 0. The minimum absolute atomic E-state index is 0.0562. The van der Waals surface area contributed by atoms with Crippen molar-refractivity contribution in [3.8, 4) is 0 Å². The van der Waals surface area contributed by atoms with E-state index in [-0.39, 0.29) is 10.6 Å². The van der Waals surface area contributed by atoms with E-state index < -0.39 is 15.9 Å². The molecule has 2 heterocycles. The van der Waals surface area contributed by atoms with Gasteiger partial charge < -0.3 is 10.3 Å². The van der Waals surface area contributed by atoms with E-state index in [0.29, 0.717) is 6.54 Å². The van der Waals surface area contributed by atoms with Crippen molar-refractivity contribution < 1.29 is 13.2 Å². The Hall–Kier alpha value is -2.16. The summed E-state index contributed by atoms with van der Waals surface area (Å²) in [6, 6.07) is 9.73. The number of carbonyl (C=O) groups is 1. The Kier molecular flexibility index (Phi) is 5.45. The first-order chi connectivity index (χ1) is 12.4. The van der Waals surface area contributed by atoms with Crippen molar-refractivity contribution in [1.82, 2.24) is 14.2 Å². The van der Waals surface area contributed by atoms with Crippen molar-refractivity contribution in [2.45, 2.75) is 24.3 Å². The molecule has 2 aromatic rings. The van der Waals surface area contributed by atoms with Gasteiger partial charge in [-0.3, -0.25) is 9.69 Å². The van der Waals surface area contributed by atoms with Crippen LogP contribution in [0.1, 0.15) is 28.0 Å². The fourth-order valence-electron chi connectivity index (χ4n) is 3.26. The molecule has 1 aliphatic heterocycles. The van der Waals surface area contributed by atoms with Crippen LogP contribution in [0.5, 0.6) is 0 Å². The minimum atomic E-state index is -3.64. The molecule has 1 aromatic carbocycles. The van der Waals surface area contributed by atoms with E-state index in [1.165, 1.54) is 28.0 Å². The molecule has 1 aromatic heterocycles. The number of amides is 1. The van der Waals surface area contributed by atoms with Gasteiger partial charge in [-0.05, 0) is 36.6 Å². The molecule has 1 amide bonds. The van der Waals surface area contributed by atoms with Crippen molar-refractivity contribution in [2.24, 2.45) is 12.8 Å². The van der Waals surface area contributed by atoms with Crippen LogP contribution in [0, 0.1) is 0 Å². The standard InChI is InChI=1S/C18H24N4O3S/c1-21-13-16(11-17(21)18(19)23)26(24,25)20-8-4-9-22-10-7-14-5-2-3-6-15(14)12-22/h2-3,5-6,11,13,20H,4,7-10,12H2,1H3,(H2,19,23). The number of hydrogen-bond donors (Lipinski definition) is 2. The van der Waals surface area contributed by atoms with Gasteiger partial charge in [-0.2, -0.15) is 0 Å². The highest BCUT2D eigenvalue weighted by Crippen LogP contribution is 2.18. The van der Waals surface area contributed by atoms with Gasteiger partial charge in [0.05, 0.1) is 0 Å². The molecule has 7 nitrogen and oxygen atoms in total. The molecule has 0 aliphatic carbocycles. The van der Waals surface area contributed by atoms with Gasteiger partial charge in [-0.25, -0.2) is 13.1 Å². The first kappa shape index (κ1) is 18.6. The van der Waals surface area contributed by atoms with Crippen molar-refractivity contribution in [1.29, 1.82) is 0 Å².